The quantitative estimate of drug-likeness (QED) is 0.803. The van der Waals surface area contributed by atoms with Gasteiger partial charge in [0.25, 0.3) is 5.91 Å². The predicted molar refractivity (Wildman–Crippen MR) is 84.1 cm³/mol. The van der Waals surface area contributed by atoms with Crippen LogP contribution in [0.3, 0.4) is 0 Å². The molecule has 0 aliphatic heterocycles. The number of carbonyl (C=O) groups excluding carboxylic acids is 1. The van der Waals surface area contributed by atoms with Gasteiger partial charge in [-0.1, -0.05) is 6.07 Å². The Bertz CT molecular complexity index is 766. The van der Waals surface area contributed by atoms with Crippen molar-refractivity contribution in [3.05, 3.63) is 72.6 Å². The lowest BCUT2D eigenvalue weighted by Gasteiger charge is -2.05. The fraction of sp³-hybridized carbons (Fsp3) is 0.118. The van der Waals surface area contributed by atoms with Crippen LogP contribution in [0.2, 0.25) is 0 Å². The molecule has 0 saturated carbocycles. The first kappa shape index (κ1) is 14.0. The molecule has 22 heavy (non-hydrogen) atoms. The van der Waals surface area contributed by atoms with Gasteiger partial charge in [-0.15, -0.1) is 0 Å². The molecule has 110 valence electrons. The highest BCUT2D eigenvalue weighted by molar-refractivity contribution is 5.94. The van der Waals surface area contributed by atoms with E-state index in [1.54, 1.807) is 24.8 Å². The lowest BCUT2D eigenvalue weighted by atomic mass is 10.1. The van der Waals surface area contributed by atoms with Crippen LogP contribution >= 0.6 is 0 Å². The summed E-state index contributed by atoms with van der Waals surface area (Å²) in [5, 5.41) is 2.91. The van der Waals surface area contributed by atoms with Gasteiger partial charge in [-0.25, -0.2) is 0 Å². The highest BCUT2D eigenvalue weighted by atomic mass is 16.1. The molecule has 3 heterocycles. The van der Waals surface area contributed by atoms with Crippen LogP contribution < -0.4 is 5.32 Å². The smallest absolute Gasteiger partial charge is 0.268 e. The van der Waals surface area contributed by atoms with Crippen LogP contribution in [0.5, 0.6) is 0 Å². The Morgan fingerprint density at radius 2 is 1.95 bits per heavy atom. The molecule has 0 fully saturated rings. The minimum absolute atomic E-state index is 0.105. The molecular formula is C17H16N4O. The number of amides is 1. The average Bonchev–Trinajstić information content (AvgIpc) is 2.96. The van der Waals surface area contributed by atoms with Crippen LogP contribution in [-0.4, -0.2) is 20.4 Å². The topological polar surface area (TPSA) is 59.8 Å². The molecule has 0 spiro atoms. The molecule has 0 bridgehead atoms. The number of nitrogens with one attached hydrogen (secondary N) is 1. The number of rotatable bonds is 4. The van der Waals surface area contributed by atoms with E-state index in [2.05, 4.69) is 15.3 Å². The monoisotopic (exact) mass is 292 g/mol. The second kappa shape index (κ2) is 6.22. The largest absolute Gasteiger partial charge is 0.347 e. The molecule has 5 nitrogen and oxygen atoms in total. The molecule has 3 rings (SSSR count). The van der Waals surface area contributed by atoms with Gasteiger partial charge < -0.3 is 9.88 Å². The number of carbonyl (C=O) groups is 1. The number of aryl methyl sites for hydroxylation is 1. The van der Waals surface area contributed by atoms with Crippen molar-refractivity contribution in [1.82, 2.24) is 19.9 Å². The molecule has 1 N–H and O–H groups in total. The van der Waals surface area contributed by atoms with Gasteiger partial charge in [0.2, 0.25) is 0 Å². The molecule has 0 aromatic carbocycles. The summed E-state index contributed by atoms with van der Waals surface area (Å²) in [6.45, 7) is 0.461. The predicted octanol–water partition coefficient (Wildman–Crippen LogP) is 2.41. The highest BCUT2D eigenvalue weighted by Crippen LogP contribution is 2.20. The molecule has 3 aromatic rings. The molecular weight excluding hydrogens is 276 g/mol. The van der Waals surface area contributed by atoms with E-state index in [1.165, 1.54) is 0 Å². The third kappa shape index (κ3) is 3.03. The average molecular weight is 292 g/mol. The molecule has 0 radical (unpaired) electrons. The van der Waals surface area contributed by atoms with Gasteiger partial charge in [0.15, 0.2) is 0 Å². The first-order valence-corrected chi connectivity index (χ1v) is 6.98. The van der Waals surface area contributed by atoms with Crippen molar-refractivity contribution < 1.29 is 4.79 Å². The van der Waals surface area contributed by atoms with Gasteiger partial charge in [-0.2, -0.15) is 0 Å². The van der Waals surface area contributed by atoms with Gasteiger partial charge in [0.1, 0.15) is 5.69 Å². The third-order valence-electron chi connectivity index (χ3n) is 3.43. The normalized spacial score (nSPS) is 10.4. The van der Waals surface area contributed by atoms with Crippen LogP contribution in [0.15, 0.2) is 61.3 Å². The first-order valence-electron chi connectivity index (χ1n) is 6.98. The maximum Gasteiger partial charge on any atom is 0.268 e. The summed E-state index contributed by atoms with van der Waals surface area (Å²) < 4.78 is 1.83. The van der Waals surface area contributed by atoms with E-state index in [0.29, 0.717) is 12.2 Å². The van der Waals surface area contributed by atoms with E-state index in [0.717, 1.165) is 16.7 Å². The van der Waals surface area contributed by atoms with Crippen molar-refractivity contribution >= 4 is 5.91 Å². The second-order valence-corrected chi connectivity index (χ2v) is 5.00. The lowest BCUT2D eigenvalue weighted by Crippen LogP contribution is -2.24. The van der Waals surface area contributed by atoms with E-state index in [1.807, 2.05) is 48.1 Å². The number of hydrogen-bond acceptors (Lipinski definition) is 3. The fourth-order valence-corrected chi connectivity index (χ4v) is 2.27. The standard InChI is InChI=1S/C17H16N4O/c1-21-12-15(14-4-7-18-8-5-14)9-16(21)17(22)20-11-13-3-2-6-19-10-13/h2-10,12H,11H2,1H3,(H,20,22). The van der Waals surface area contributed by atoms with Crippen molar-refractivity contribution in [2.75, 3.05) is 0 Å². The number of pyridine rings is 2. The minimum Gasteiger partial charge on any atom is -0.347 e. The van der Waals surface area contributed by atoms with Gasteiger partial charge >= 0.3 is 0 Å². The van der Waals surface area contributed by atoms with E-state index in [-0.39, 0.29) is 5.91 Å². The molecule has 0 atom stereocenters. The fourth-order valence-electron chi connectivity index (χ4n) is 2.27. The van der Waals surface area contributed by atoms with E-state index in [4.69, 9.17) is 0 Å². The Kier molecular flexibility index (Phi) is 3.96. The Labute approximate surface area is 128 Å². The molecule has 5 heteroatoms. The Hall–Kier alpha value is -2.95. The summed E-state index contributed by atoms with van der Waals surface area (Å²) in [6.07, 6.45) is 8.88. The molecule has 1 amide bonds. The summed E-state index contributed by atoms with van der Waals surface area (Å²) in [4.78, 5) is 20.4. The summed E-state index contributed by atoms with van der Waals surface area (Å²) in [5.41, 5.74) is 3.63. The maximum absolute atomic E-state index is 12.3. The molecule has 0 aliphatic rings. The zero-order valence-electron chi connectivity index (χ0n) is 12.2. The summed E-state index contributed by atoms with van der Waals surface area (Å²) in [5.74, 6) is -0.105. The van der Waals surface area contributed by atoms with Crippen molar-refractivity contribution in [3.8, 4) is 11.1 Å². The van der Waals surface area contributed by atoms with Gasteiger partial charge in [0.05, 0.1) is 0 Å². The van der Waals surface area contributed by atoms with Crippen LogP contribution in [-0.2, 0) is 13.6 Å². The number of nitrogens with zero attached hydrogens (tertiary/aromatic N) is 3. The maximum atomic E-state index is 12.3. The minimum atomic E-state index is -0.105. The van der Waals surface area contributed by atoms with Crippen molar-refractivity contribution in [1.29, 1.82) is 0 Å². The Morgan fingerprint density at radius 1 is 1.14 bits per heavy atom. The van der Waals surface area contributed by atoms with E-state index in [9.17, 15) is 4.79 Å². The molecule has 0 aliphatic carbocycles. The molecule has 3 aromatic heterocycles. The molecule has 0 unspecified atom stereocenters. The number of hydrogen-bond donors (Lipinski definition) is 1. The van der Waals surface area contributed by atoms with Crippen LogP contribution in [0, 0.1) is 0 Å². The van der Waals surface area contributed by atoms with Crippen molar-refractivity contribution in [2.24, 2.45) is 7.05 Å². The SMILES string of the molecule is Cn1cc(-c2ccncc2)cc1C(=O)NCc1cccnc1. The second-order valence-electron chi connectivity index (χ2n) is 5.00. The first-order chi connectivity index (χ1) is 10.7. The Morgan fingerprint density at radius 3 is 2.68 bits per heavy atom. The van der Waals surface area contributed by atoms with Crippen LogP contribution in [0.4, 0.5) is 0 Å². The third-order valence-corrected chi connectivity index (χ3v) is 3.43. The summed E-state index contributed by atoms with van der Waals surface area (Å²) >= 11 is 0. The van der Waals surface area contributed by atoms with Crippen molar-refractivity contribution in [3.63, 3.8) is 0 Å². The van der Waals surface area contributed by atoms with Gasteiger partial charge in [-0.3, -0.25) is 14.8 Å². The molecule has 0 saturated heterocycles. The zero-order chi connectivity index (χ0) is 15.4. The van der Waals surface area contributed by atoms with Crippen LogP contribution in [0.25, 0.3) is 11.1 Å². The summed E-state index contributed by atoms with van der Waals surface area (Å²) in [7, 11) is 1.86. The van der Waals surface area contributed by atoms with Gasteiger partial charge in [-0.05, 0) is 35.4 Å². The zero-order valence-corrected chi connectivity index (χ0v) is 12.2. The van der Waals surface area contributed by atoms with Crippen molar-refractivity contribution in [2.45, 2.75) is 6.54 Å². The van der Waals surface area contributed by atoms with E-state index >= 15 is 0 Å². The van der Waals surface area contributed by atoms with Gasteiger partial charge in [0, 0.05) is 50.1 Å². The van der Waals surface area contributed by atoms with E-state index < -0.39 is 0 Å². The summed E-state index contributed by atoms with van der Waals surface area (Å²) in [6, 6.07) is 9.51. The number of aromatic nitrogens is 3. The highest BCUT2D eigenvalue weighted by Gasteiger charge is 2.12. The lowest BCUT2D eigenvalue weighted by molar-refractivity contribution is 0.0943. The Balaban J connectivity index is 1.74. The van der Waals surface area contributed by atoms with Crippen LogP contribution in [0.1, 0.15) is 16.1 Å².